The monoisotopic (exact) mass is 223 g/mol. The van der Waals surface area contributed by atoms with Gasteiger partial charge in [-0.1, -0.05) is 45.4 Å². The van der Waals surface area contributed by atoms with Gasteiger partial charge in [-0.05, 0) is 38.0 Å². The highest BCUT2D eigenvalue weighted by molar-refractivity contribution is 4.83. The summed E-state index contributed by atoms with van der Waals surface area (Å²) in [6.45, 7) is 2.37. The van der Waals surface area contributed by atoms with Gasteiger partial charge in [0.25, 0.3) is 0 Å². The second-order valence-corrected chi connectivity index (χ2v) is 5.91. The van der Waals surface area contributed by atoms with Crippen molar-refractivity contribution in [2.24, 2.45) is 5.92 Å². The minimum absolute atomic E-state index is 0.823. The molecule has 0 aromatic heterocycles. The summed E-state index contributed by atoms with van der Waals surface area (Å²) in [5, 5.41) is 3.98. The molecule has 0 amide bonds. The van der Waals surface area contributed by atoms with Crippen LogP contribution >= 0.6 is 0 Å². The van der Waals surface area contributed by atoms with Crippen molar-refractivity contribution in [2.75, 3.05) is 0 Å². The second kappa shape index (κ2) is 6.64. The summed E-state index contributed by atoms with van der Waals surface area (Å²) in [5.74, 6) is 0.987. The average Bonchev–Trinajstić information content (AvgIpc) is 2.38. The van der Waals surface area contributed by atoms with Gasteiger partial charge in [0.05, 0.1) is 0 Å². The van der Waals surface area contributed by atoms with E-state index < -0.39 is 0 Å². The number of hydrogen-bond donors (Lipinski definition) is 1. The Hall–Kier alpha value is -0.0400. The van der Waals surface area contributed by atoms with E-state index in [4.69, 9.17) is 0 Å². The van der Waals surface area contributed by atoms with Gasteiger partial charge in [-0.3, -0.25) is 0 Å². The first-order chi connectivity index (χ1) is 7.90. The van der Waals surface area contributed by atoms with Crippen LogP contribution < -0.4 is 5.32 Å². The number of hydrogen-bond acceptors (Lipinski definition) is 1. The topological polar surface area (TPSA) is 12.0 Å². The van der Waals surface area contributed by atoms with Crippen LogP contribution in [0.4, 0.5) is 0 Å². The molecule has 2 aliphatic carbocycles. The fourth-order valence-corrected chi connectivity index (χ4v) is 3.70. The molecule has 1 heteroatoms. The quantitative estimate of drug-likeness (QED) is 0.750. The molecule has 1 N–H and O–H groups in total. The van der Waals surface area contributed by atoms with Crippen molar-refractivity contribution in [1.29, 1.82) is 0 Å². The van der Waals surface area contributed by atoms with Crippen molar-refractivity contribution in [3.05, 3.63) is 0 Å². The zero-order chi connectivity index (χ0) is 11.2. The molecule has 1 atom stereocenters. The molecule has 0 heterocycles. The molecule has 0 radical (unpaired) electrons. The van der Waals surface area contributed by atoms with E-state index in [2.05, 4.69) is 12.2 Å². The van der Waals surface area contributed by atoms with Crippen molar-refractivity contribution in [2.45, 2.75) is 89.6 Å². The molecule has 0 aromatic carbocycles. The van der Waals surface area contributed by atoms with Crippen LogP contribution in [-0.2, 0) is 0 Å². The molecular formula is C15H29N. The summed E-state index contributed by atoms with van der Waals surface area (Å²) < 4.78 is 0. The standard InChI is InChI=1S/C15H29N/c1-2-15(13-9-5-3-6-10-13)16-14-11-7-4-8-12-14/h13-16H,2-12H2,1H3. The Morgan fingerprint density at radius 1 is 0.875 bits per heavy atom. The fourth-order valence-electron chi connectivity index (χ4n) is 3.70. The SMILES string of the molecule is CCC(NC1CCCCC1)C1CCCCC1. The summed E-state index contributed by atoms with van der Waals surface area (Å²) in [6, 6.07) is 1.67. The third-order valence-corrected chi connectivity index (χ3v) is 4.71. The Morgan fingerprint density at radius 2 is 1.44 bits per heavy atom. The summed E-state index contributed by atoms with van der Waals surface area (Å²) in [6.07, 6.45) is 16.0. The van der Waals surface area contributed by atoms with Crippen LogP contribution in [0.2, 0.25) is 0 Å². The molecular weight excluding hydrogens is 194 g/mol. The van der Waals surface area contributed by atoms with Crippen molar-refractivity contribution in [1.82, 2.24) is 5.32 Å². The Balaban J connectivity index is 1.78. The van der Waals surface area contributed by atoms with Crippen LogP contribution in [0.25, 0.3) is 0 Å². The maximum Gasteiger partial charge on any atom is 0.00952 e. The van der Waals surface area contributed by atoms with E-state index in [1.165, 1.54) is 70.6 Å². The van der Waals surface area contributed by atoms with Gasteiger partial charge < -0.3 is 5.32 Å². The Morgan fingerprint density at radius 3 is 2.00 bits per heavy atom. The van der Waals surface area contributed by atoms with Crippen molar-refractivity contribution in [3.8, 4) is 0 Å². The molecule has 1 nitrogen and oxygen atoms in total. The van der Waals surface area contributed by atoms with E-state index in [0.29, 0.717) is 0 Å². The maximum atomic E-state index is 3.98. The molecule has 2 saturated carbocycles. The van der Waals surface area contributed by atoms with Crippen LogP contribution in [-0.4, -0.2) is 12.1 Å². The highest BCUT2D eigenvalue weighted by Crippen LogP contribution is 2.29. The number of nitrogens with one attached hydrogen (secondary N) is 1. The highest BCUT2D eigenvalue weighted by Gasteiger charge is 2.24. The third kappa shape index (κ3) is 3.48. The first-order valence-corrected chi connectivity index (χ1v) is 7.66. The lowest BCUT2D eigenvalue weighted by atomic mass is 9.82. The smallest absolute Gasteiger partial charge is 0.00952 e. The predicted octanol–water partition coefficient (Wildman–Crippen LogP) is 4.27. The van der Waals surface area contributed by atoms with Gasteiger partial charge in [0.1, 0.15) is 0 Å². The summed E-state index contributed by atoms with van der Waals surface area (Å²) in [4.78, 5) is 0. The van der Waals surface area contributed by atoms with Crippen molar-refractivity contribution >= 4 is 0 Å². The first kappa shape index (κ1) is 12.4. The van der Waals surface area contributed by atoms with Crippen LogP contribution in [0.5, 0.6) is 0 Å². The van der Waals surface area contributed by atoms with E-state index >= 15 is 0 Å². The van der Waals surface area contributed by atoms with Crippen LogP contribution in [0.3, 0.4) is 0 Å². The second-order valence-electron chi connectivity index (χ2n) is 5.91. The summed E-state index contributed by atoms with van der Waals surface area (Å²) in [5.41, 5.74) is 0. The van der Waals surface area contributed by atoms with Gasteiger partial charge in [-0.25, -0.2) is 0 Å². The summed E-state index contributed by atoms with van der Waals surface area (Å²) >= 11 is 0. The van der Waals surface area contributed by atoms with E-state index in [9.17, 15) is 0 Å². The van der Waals surface area contributed by atoms with Crippen molar-refractivity contribution < 1.29 is 0 Å². The zero-order valence-electron chi connectivity index (χ0n) is 11.0. The molecule has 0 saturated heterocycles. The fraction of sp³-hybridized carbons (Fsp3) is 1.00. The van der Waals surface area contributed by atoms with Gasteiger partial charge in [0, 0.05) is 12.1 Å². The lowest BCUT2D eigenvalue weighted by molar-refractivity contribution is 0.227. The minimum atomic E-state index is 0.823. The molecule has 0 aromatic rings. The Bertz CT molecular complexity index is 178. The lowest BCUT2D eigenvalue weighted by Gasteiger charge is -2.35. The third-order valence-electron chi connectivity index (χ3n) is 4.71. The summed E-state index contributed by atoms with van der Waals surface area (Å²) in [7, 11) is 0. The number of rotatable bonds is 4. The van der Waals surface area contributed by atoms with Crippen LogP contribution in [0.1, 0.15) is 77.6 Å². The van der Waals surface area contributed by atoms with E-state index in [1.54, 1.807) is 0 Å². The van der Waals surface area contributed by atoms with Gasteiger partial charge in [-0.2, -0.15) is 0 Å². The molecule has 16 heavy (non-hydrogen) atoms. The zero-order valence-corrected chi connectivity index (χ0v) is 11.0. The van der Waals surface area contributed by atoms with Gasteiger partial charge >= 0.3 is 0 Å². The average molecular weight is 223 g/mol. The molecule has 94 valence electrons. The normalized spacial score (nSPS) is 26.8. The molecule has 0 spiro atoms. The largest absolute Gasteiger partial charge is 0.311 e. The minimum Gasteiger partial charge on any atom is -0.311 e. The molecule has 1 unspecified atom stereocenters. The molecule has 2 aliphatic rings. The molecule has 2 rings (SSSR count). The van der Waals surface area contributed by atoms with Gasteiger partial charge in [0.15, 0.2) is 0 Å². The maximum absolute atomic E-state index is 3.98. The molecule has 0 bridgehead atoms. The van der Waals surface area contributed by atoms with Gasteiger partial charge in [-0.15, -0.1) is 0 Å². The Kier molecular flexibility index (Phi) is 5.15. The molecule has 2 fully saturated rings. The lowest BCUT2D eigenvalue weighted by Crippen LogP contribution is -2.43. The van der Waals surface area contributed by atoms with E-state index in [-0.39, 0.29) is 0 Å². The van der Waals surface area contributed by atoms with Crippen LogP contribution in [0.15, 0.2) is 0 Å². The predicted molar refractivity (Wildman–Crippen MR) is 70.7 cm³/mol. The Labute approximate surface area is 101 Å². The van der Waals surface area contributed by atoms with E-state index in [0.717, 1.165) is 18.0 Å². The molecule has 0 aliphatic heterocycles. The van der Waals surface area contributed by atoms with E-state index in [1.807, 2.05) is 0 Å². The highest BCUT2D eigenvalue weighted by atomic mass is 15.0. The van der Waals surface area contributed by atoms with Crippen molar-refractivity contribution in [3.63, 3.8) is 0 Å². The van der Waals surface area contributed by atoms with Crippen LogP contribution in [0, 0.1) is 5.92 Å². The van der Waals surface area contributed by atoms with Gasteiger partial charge in [0.2, 0.25) is 0 Å². The first-order valence-electron chi connectivity index (χ1n) is 7.66.